The Morgan fingerprint density at radius 2 is 1.50 bits per heavy atom. The van der Waals surface area contributed by atoms with Crippen LogP contribution in [0.1, 0.15) is 36.8 Å². The van der Waals surface area contributed by atoms with E-state index in [1.54, 1.807) is 6.92 Å². The summed E-state index contributed by atoms with van der Waals surface area (Å²) in [6, 6.07) is 20.5. The number of rotatable bonds is 7. The highest BCUT2D eigenvalue weighted by Gasteiger charge is 2.14. The molecular weight excluding hydrogens is 274 g/mol. The van der Waals surface area contributed by atoms with Gasteiger partial charge in [0.25, 0.3) is 0 Å². The molecule has 3 nitrogen and oxygen atoms in total. The van der Waals surface area contributed by atoms with Crippen molar-refractivity contribution in [1.29, 1.82) is 5.41 Å². The fourth-order valence-electron chi connectivity index (χ4n) is 2.45. The van der Waals surface area contributed by atoms with Crippen molar-refractivity contribution in [3.63, 3.8) is 0 Å². The van der Waals surface area contributed by atoms with Crippen LogP contribution in [0.25, 0.3) is 0 Å². The molecule has 0 saturated carbocycles. The Kier molecular flexibility index (Phi) is 5.90. The SMILES string of the molecule is CC(=N)CC(=O)OCCC(c1ccccc1)c1ccccc1. The van der Waals surface area contributed by atoms with E-state index in [-0.39, 0.29) is 18.3 Å². The van der Waals surface area contributed by atoms with Crippen LogP contribution in [0.4, 0.5) is 0 Å². The number of carbonyl (C=O) groups is 1. The molecule has 2 aromatic rings. The summed E-state index contributed by atoms with van der Waals surface area (Å²) >= 11 is 0. The molecule has 0 spiro atoms. The molecule has 2 aromatic carbocycles. The van der Waals surface area contributed by atoms with E-state index in [0.717, 1.165) is 6.42 Å². The van der Waals surface area contributed by atoms with Gasteiger partial charge in [-0.3, -0.25) is 4.79 Å². The smallest absolute Gasteiger partial charge is 0.311 e. The molecule has 0 amide bonds. The molecule has 0 saturated heterocycles. The average Bonchev–Trinajstić information content (AvgIpc) is 2.52. The van der Waals surface area contributed by atoms with Gasteiger partial charge in [-0.25, -0.2) is 0 Å². The molecule has 22 heavy (non-hydrogen) atoms. The molecule has 0 aliphatic carbocycles. The minimum atomic E-state index is -0.327. The van der Waals surface area contributed by atoms with Crippen molar-refractivity contribution < 1.29 is 9.53 Å². The van der Waals surface area contributed by atoms with Crippen LogP contribution in [-0.2, 0) is 9.53 Å². The molecule has 0 aliphatic rings. The van der Waals surface area contributed by atoms with E-state index in [9.17, 15) is 4.79 Å². The number of hydrogen-bond donors (Lipinski definition) is 1. The van der Waals surface area contributed by atoms with Gasteiger partial charge in [-0.1, -0.05) is 60.7 Å². The Morgan fingerprint density at radius 3 is 1.95 bits per heavy atom. The van der Waals surface area contributed by atoms with Gasteiger partial charge in [-0.2, -0.15) is 0 Å². The second-order valence-electron chi connectivity index (χ2n) is 5.34. The first-order chi connectivity index (χ1) is 10.7. The van der Waals surface area contributed by atoms with Gasteiger partial charge < -0.3 is 10.1 Å². The molecule has 0 atom stereocenters. The number of nitrogens with one attached hydrogen (secondary N) is 1. The van der Waals surface area contributed by atoms with Gasteiger partial charge in [0.15, 0.2) is 0 Å². The lowest BCUT2D eigenvalue weighted by Crippen LogP contribution is -2.12. The molecule has 0 bridgehead atoms. The molecule has 0 unspecified atom stereocenters. The number of carbonyl (C=O) groups excluding carboxylic acids is 1. The number of ether oxygens (including phenoxy) is 1. The summed E-state index contributed by atoms with van der Waals surface area (Å²) in [6.45, 7) is 1.97. The third kappa shape index (κ3) is 4.85. The zero-order valence-electron chi connectivity index (χ0n) is 12.8. The van der Waals surface area contributed by atoms with Gasteiger partial charge in [0.1, 0.15) is 0 Å². The second-order valence-corrected chi connectivity index (χ2v) is 5.34. The third-order valence-corrected chi connectivity index (χ3v) is 3.48. The predicted molar refractivity (Wildman–Crippen MR) is 88.3 cm³/mol. The fraction of sp³-hybridized carbons (Fsp3) is 0.263. The quantitative estimate of drug-likeness (QED) is 0.615. The van der Waals surface area contributed by atoms with Crippen molar-refractivity contribution in [1.82, 2.24) is 0 Å². The summed E-state index contributed by atoms with van der Waals surface area (Å²) in [5.74, 6) is -0.122. The molecule has 2 rings (SSSR count). The van der Waals surface area contributed by atoms with Crippen LogP contribution in [0.15, 0.2) is 60.7 Å². The van der Waals surface area contributed by atoms with Crippen molar-refractivity contribution in [3.8, 4) is 0 Å². The van der Waals surface area contributed by atoms with Gasteiger partial charge >= 0.3 is 5.97 Å². The highest BCUT2D eigenvalue weighted by atomic mass is 16.5. The molecule has 3 heteroatoms. The Hall–Kier alpha value is -2.42. The standard InChI is InChI=1S/C19H21NO2/c1-15(20)14-19(21)22-13-12-18(16-8-4-2-5-9-16)17-10-6-3-7-11-17/h2-11,18,20H,12-14H2,1H3. The minimum absolute atomic E-state index is 0.0708. The van der Waals surface area contributed by atoms with E-state index in [0.29, 0.717) is 12.3 Å². The molecule has 0 fully saturated rings. The van der Waals surface area contributed by atoms with Crippen molar-refractivity contribution in [2.45, 2.75) is 25.7 Å². The van der Waals surface area contributed by atoms with E-state index in [2.05, 4.69) is 24.3 Å². The summed E-state index contributed by atoms with van der Waals surface area (Å²) in [4.78, 5) is 11.5. The maximum atomic E-state index is 11.5. The third-order valence-electron chi connectivity index (χ3n) is 3.48. The monoisotopic (exact) mass is 295 g/mol. The first-order valence-electron chi connectivity index (χ1n) is 7.46. The molecular formula is C19H21NO2. The maximum absolute atomic E-state index is 11.5. The Balaban J connectivity index is 2.03. The molecule has 0 radical (unpaired) electrons. The van der Waals surface area contributed by atoms with E-state index < -0.39 is 0 Å². The maximum Gasteiger partial charge on any atom is 0.311 e. The van der Waals surface area contributed by atoms with Crippen molar-refractivity contribution in [3.05, 3.63) is 71.8 Å². The Morgan fingerprint density at radius 1 is 1.00 bits per heavy atom. The molecule has 114 valence electrons. The number of benzene rings is 2. The summed E-state index contributed by atoms with van der Waals surface area (Å²) < 4.78 is 5.25. The van der Waals surface area contributed by atoms with Gasteiger partial charge in [0.05, 0.1) is 13.0 Å². The van der Waals surface area contributed by atoms with E-state index in [1.165, 1.54) is 11.1 Å². The van der Waals surface area contributed by atoms with Gasteiger partial charge in [0, 0.05) is 11.6 Å². The zero-order chi connectivity index (χ0) is 15.8. The van der Waals surface area contributed by atoms with Gasteiger partial charge in [-0.15, -0.1) is 0 Å². The van der Waals surface area contributed by atoms with Gasteiger partial charge in [0.2, 0.25) is 0 Å². The van der Waals surface area contributed by atoms with Crippen molar-refractivity contribution >= 4 is 11.7 Å². The largest absolute Gasteiger partial charge is 0.465 e. The molecule has 0 aromatic heterocycles. The highest BCUT2D eigenvalue weighted by Crippen LogP contribution is 2.27. The summed E-state index contributed by atoms with van der Waals surface area (Å²) in [7, 11) is 0. The van der Waals surface area contributed by atoms with Crippen LogP contribution in [0.5, 0.6) is 0 Å². The summed E-state index contributed by atoms with van der Waals surface area (Å²) in [5.41, 5.74) is 2.76. The van der Waals surface area contributed by atoms with E-state index in [1.807, 2.05) is 36.4 Å². The van der Waals surface area contributed by atoms with E-state index in [4.69, 9.17) is 10.1 Å². The van der Waals surface area contributed by atoms with Crippen LogP contribution < -0.4 is 0 Å². The lowest BCUT2D eigenvalue weighted by Gasteiger charge is -2.18. The molecule has 0 heterocycles. The Labute approximate surface area is 131 Å². The van der Waals surface area contributed by atoms with Crippen LogP contribution in [-0.4, -0.2) is 18.3 Å². The lowest BCUT2D eigenvalue weighted by molar-refractivity contribution is -0.142. The van der Waals surface area contributed by atoms with Crippen LogP contribution in [0.2, 0.25) is 0 Å². The lowest BCUT2D eigenvalue weighted by atomic mass is 9.89. The number of hydrogen-bond acceptors (Lipinski definition) is 3. The fourth-order valence-corrected chi connectivity index (χ4v) is 2.45. The van der Waals surface area contributed by atoms with E-state index >= 15 is 0 Å². The van der Waals surface area contributed by atoms with Crippen molar-refractivity contribution in [2.24, 2.45) is 0 Å². The molecule has 1 N–H and O–H groups in total. The predicted octanol–water partition coefficient (Wildman–Crippen LogP) is 4.18. The highest BCUT2D eigenvalue weighted by molar-refractivity contribution is 5.95. The Bertz CT molecular complexity index is 568. The van der Waals surface area contributed by atoms with Crippen LogP contribution >= 0.6 is 0 Å². The van der Waals surface area contributed by atoms with Crippen molar-refractivity contribution in [2.75, 3.05) is 6.61 Å². The first-order valence-corrected chi connectivity index (χ1v) is 7.46. The van der Waals surface area contributed by atoms with Crippen LogP contribution in [0.3, 0.4) is 0 Å². The summed E-state index contributed by atoms with van der Waals surface area (Å²) in [6.07, 6.45) is 0.804. The van der Waals surface area contributed by atoms with Gasteiger partial charge in [-0.05, 0) is 24.5 Å². The zero-order valence-corrected chi connectivity index (χ0v) is 12.8. The van der Waals surface area contributed by atoms with Crippen LogP contribution in [0, 0.1) is 5.41 Å². The second kappa shape index (κ2) is 8.13. The topological polar surface area (TPSA) is 50.2 Å². The minimum Gasteiger partial charge on any atom is -0.465 e. The average molecular weight is 295 g/mol. The number of esters is 1. The first kappa shape index (κ1) is 16.0. The summed E-state index contributed by atoms with van der Waals surface area (Å²) in [5, 5.41) is 7.31. The molecule has 0 aliphatic heterocycles. The normalized spacial score (nSPS) is 10.5.